The number of amides is 1. The highest BCUT2D eigenvalue weighted by molar-refractivity contribution is 6.01. The van der Waals surface area contributed by atoms with Crippen LogP contribution in [-0.4, -0.2) is 13.0 Å². The van der Waals surface area contributed by atoms with Gasteiger partial charge in [0.05, 0.1) is 18.2 Å². The molecule has 1 amide bonds. The summed E-state index contributed by atoms with van der Waals surface area (Å²) in [5, 5.41) is 3.13. The second kappa shape index (κ2) is 6.91. The monoisotopic (exact) mass is 337 g/mol. The second-order valence-electron chi connectivity index (χ2n) is 7.34. The molecule has 0 aliphatic heterocycles. The molecule has 0 aromatic heterocycles. The molecule has 0 radical (unpaired) electrons. The molecule has 0 bridgehead atoms. The maximum absolute atomic E-state index is 13.3. The van der Waals surface area contributed by atoms with Gasteiger partial charge in [0.25, 0.3) is 0 Å². The molecule has 3 heteroatoms. The Balaban J connectivity index is 1.95. The van der Waals surface area contributed by atoms with Gasteiger partial charge in [0.2, 0.25) is 5.91 Å². The first-order chi connectivity index (χ1) is 12.0. The van der Waals surface area contributed by atoms with E-state index in [4.69, 9.17) is 4.74 Å². The lowest BCUT2D eigenvalue weighted by atomic mass is 9.62. The van der Waals surface area contributed by atoms with Crippen LogP contribution in [0, 0.1) is 6.92 Å². The summed E-state index contributed by atoms with van der Waals surface area (Å²) >= 11 is 0. The fourth-order valence-corrected chi connectivity index (χ4v) is 3.73. The van der Waals surface area contributed by atoms with E-state index < -0.39 is 5.41 Å². The molecule has 1 aliphatic carbocycles. The van der Waals surface area contributed by atoms with Crippen LogP contribution in [0.5, 0.6) is 5.75 Å². The summed E-state index contributed by atoms with van der Waals surface area (Å²) in [5.41, 5.74) is 3.88. The van der Waals surface area contributed by atoms with Gasteiger partial charge in [-0.1, -0.05) is 50.6 Å². The van der Waals surface area contributed by atoms with Crippen LogP contribution in [0.25, 0.3) is 0 Å². The second-order valence-corrected chi connectivity index (χ2v) is 7.34. The van der Waals surface area contributed by atoms with Gasteiger partial charge in [-0.25, -0.2) is 0 Å². The summed E-state index contributed by atoms with van der Waals surface area (Å²) in [6.07, 6.45) is 2.89. The van der Waals surface area contributed by atoms with Crippen molar-refractivity contribution in [2.75, 3.05) is 12.4 Å². The molecule has 1 saturated carbocycles. The number of methoxy groups -OCH3 is 1. The van der Waals surface area contributed by atoms with E-state index in [-0.39, 0.29) is 5.91 Å². The van der Waals surface area contributed by atoms with Crippen LogP contribution < -0.4 is 10.1 Å². The molecule has 1 N–H and O–H groups in total. The molecular weight excluding hydrogens is 310 g/mol. The van der Waals surface area contributed by atoms with E-state index in [1.54, 1.807) is 7.11 Å². The Hall–Kier alpha value is -2.29. The van der Waals surface area contributed by atoms with E-state index >= 15 is 0 Å². The fraction of sp³-hybridized carbons (Fsp3) is 0.409. The maximum atomic E-state index is 13.3. The van der Waals surface area contributed by atoms with Crippen molar-refractivity contribution in [3.05, 3.63) is 59.2 Å². The van der Waals surface area contributed by atoms with E-state index in [1.165, 1.54) is 11.1 Å². The van der Waals surface area contributed by atoms with E-state index in [2.05, 4.69) is 37.4 Å². The van der Waals surface area contributed by atoms with Crippen LogP contribution in [0.3, 0.4) is 0 Å². The molecule has 1 fully saturated rings. The first kappa shape index (κ1) is 17.5. The number of carbonyl (C=O) groups excluding carboxylic acids is 1. The van der Waals surface area contributed by atoms with E-state index in [9.17, 15) is 4.79 Å². The smallest absolute Gasteiger partial charge is 0.235 e. The lowest BCUT2D eigenvalue weighted by Crippen LogP contribution is -2.46. The van der Waals surface area contributed by atoms with E-state index in [0.717, 1.165) is 30.5 Å². The average molecular weight is 337 g/mol. The van der Waals surface area contributed by atoms with Crippen molar-refractivity contribution in [2.24, 2.45) is 0 Å². The van der Waals surface area contributed by atoms with Gasteiger partial charge in [0.1, 0.15) is 5.75 Å². The van der Waals surface area contributed by atoms with Crippen molar-refractivity contribution in [1.82, 2.24) is 0 Å². The zero-order valence-corrected chi connectivity index (χ0v) is 15.6. The van der Waals surface area contributed by atoms with Gasteiger partial charge in [-0.2, -0.15) is 0 Å². The number of hydrogen-bond acceptors (Lipinski definition) is 2. The largest absolute Gasteiger partial charge is 0.495 e. The summed E-state index contributed by atoms with van der Waals surface area (Å²) in [5.74, 6) is 1.18. The minimum absolute atomic E-state index is 0.0778. The van der Waals surface area contributed by atoms with Crippen LogP contribution in [0.2, 0.25) is 0 Å². The van der Waals surface area contributed by atoms with Gasteiger partial charge in [-0.05, 0) is 54.5 Å². The van der Waals surface area contributed by atoms with Crippen molar-refractivity contribution in [2.45, 2.75) is 51.4 Å². The van der Waals surface area contributed by atoms with Gasteiger partial charge in [0.15, 0.2) is 0 Å². The van der Waals surface area contributed by atoms with Crippen molar-refractivity contribution < 1.29 is 9.53 Å². The van der Waals surface area contributed by atoms with E-state index in [1.807, 2.05) is 31.2 Å². The summed E-state index contributed by atoms with van der Waals surface area (Å²) in [7, 11) is 1.64. The van der Waals surface area contributed by atoms with Crippen LogP contribution in [-0.2, 0) is 10.2 Å². The molecule has 25 heavy (non-hydrogen) atoms. The molecule has 0 spiro atoms. The zero-order chi connectivity index (χ0) is 18.0. The third kappa shape index (κ3) is 3.15. The third-order valence-electron chi connectivity index (χ3n) is 5.35. The highest BCUT2D eigenvalue weighted by atomic mass is 16.5. The van der Waals surface area contributed by atoms with Crippen LogP contribution in [0.15, 0.2) is 42.5 Å². The Morgan fingerprint density at radius 3 is 2.48 bits per heavy atom. The topological polar surface area (TPSA) is 38.3 Å². The summed E-state index contributed by atoms with van der Waals surface area (Å²) in [6.45, 7) is 6.39. The number of nitrogens with one attached hydrogen (secondary N) is 1. The van der Waals surface area contributed by atoms with Crippen molar-refractivity contribution in [3.63, 3.8) is 0 Å². The Bertz CT molecular complexity index is 775. The Morgan fingerprint density at radius 2 is 1.88 bits per heavy atom. The quantitative estimate of drug-likeness (QED) is 0.815. The van der Waals surface area contributed by atoms with Gasteiger partial charge in [-0.15, -0.1) is 0 Å². The third-order valence-corrected chi connectivity index (χ3v) is 5.35. The molecule has 3 rings (SSSR count). The molecule has 2 aromatic carbocycles. The van der Waals surface area contributed by atoms with Crippen molar-refractivity contribution >= 4 is 11.6 Å². The van der Waals surface area contributed by atoms with E-state index in [0.29, 0.717) is 11.7 Å². The number of ether oxygens (including phenoxy) is 1. The molecular formula is C22H27NO2. The predicted molar refractivity (Wildman–Crippen MR) is 102 cm³/mol. The SMILES string of the molecule is COc1cc(C)ccc1NC(=O)C1(c2ccccc2C(C)C)CCC1. The maximum Gasteiger partial charge on any atom is 0.235 e. The zero-order valence-electron chi connectivity index (χ0n) is 15.6. The predicted octanol–water partition coefficient (Wildman–Crippen LogP) is 5.19. The number of hydrogen-bond donors (Lipinski definition) is 1. The Morgan fingerprint density at radius 1 is 1.16 bits per heavy atom. The van der Waals surface area contributed by atoms with Gasteiger partial charge in [0, 0.05) is 0 Å². The lowest BCUT2D eigenvalue weighted by Gasteiger charge is -2.42. The van der Waals surface area contributed by atoms with Crippen molar-refractivity contribution in [3.8, 4) is 5.75 Å². The van der Waals surface area contributed by atoms with Crippen LogP contribution >= 0.6 is 0 Å². The average Bonchev–Trinajstić information content (AvgIpc) is 2.55. The van der Waals surface area contributed by atoms with Gasteiger partial charge < -0.3 is 10.1 Å². The van der Waals surface area contributed by atoms with Gasteiger partial charge >= 0.3 is 0 Å². The summed E-state index contributed by atoms with van der Waals surface area (Å²) in [6, 6.07) is 14.2. The molecule has 0 saturated heterocycles. The van der Waals surface area contributed by atoms with Gasteiger partial charge in [-0.3, -0.25) is 4.79 Å². The number of benzene rings is 2. The Labute approximate surface area is 150 Å². The minimum Gasteiger partial charge on any atom is -0.495 e. The number of carbonyl (C=O) groups is 1. The fourth-order valence-electron chi connectivity index (χ4n) is 3.73. The molecule has 1 aliphatic rings. The number of rotatable bonds is 5. The number of aryl methyl sites for hydroxylation is 1. The standard InChI is InChI=1S/C22H27NO2/c1-15(2)17-8-5-6-9-18(17)22(12-7-13-22)21(24)23-19-11-10-16(3)14-20(19)25-4/h5-6,8-11,14-15H,7,12-13H2,1-4H3,(H,23,24). The highest BCUT2D eigenvalue weighted by Crippen LogP contribution is 2.47. The molecule has 0 atom stereocenters. The Kier molecular flexibility index (Phi) is 4.85. The minimum atomic E-state index is -0.420. The normalized spacial score (nSPS) is 15.6. The van der Waals surface area contributed by atoms with Crippen LogP contribution in [0.4, 0.5) is 5.69 Å². The first-order valence-corrected chi connectivity index (χ1v) is 9.03. The molecule has 0 unspecified atom stereocenters. The lowest BCUT2D eigenvalue weighted by molar-refractivity contribution is -0.124. The molecule has 2 aromatic rings. The number of anilines is 1. The first-order valence-electron chi connectivity index (χ1n) is 9.03. The van der Waals surface area contributed by atoms with Crippen LogP contribution in [0.1, 0.15) is 55.7 Å². The molecule has 3 nitrogen and oxygen atoms in total. The van der Waals surface area contributed by atoms with Crippen molar-refractivity contribution in [1.29, 1.82) is 0 Å². The molecule has 132 valence electrons. The summed E-state index contributed by atoms with van der Waals surface area (Å²) in [4.78, 5) is 13.3. The molecule has 0 heterocycles. The summed E-state index contributed by atoms with van der Waals surface area (Å²) < 4.78 is 5.44. The highest BCUT2D eigenvalue weighted by Gasteiger charge is 2.47.